The molecule has 0 aromatic heterocycles. The zero-order valence-electron chi connectivity index (χ0n) is 8.38. The smallest absolute Gasteiger partial charge is 0.330 e. The van der Waals surface area contributed by atoms with Crippen molar-refractivity contribution in [1.29, 1.82) is 0 Å². The lowest BCUT2D eigenvalue weighted by atomic mass is 10.0. The van der Waals surface area contributed by atoms with Gasteiger partial charge < -0.3 is 9.55 Å². The summed E-state index contributed by atoms with van der Waals surface area (Å²) in [4.78, 5) is 13.3. The van der Waals surface area contributed by atoms with Crippen LogP contribution in [0.15, 0.2) is 11.6 Å². The molecule has 0 radical (unpaired) electrons. The minimum atomic E-state index is -0.201. The maximum Gasteiger partial charge on any atom is 0.330 e. The van der Waals surface area contributed by atoms with Crippen molar-refractivity contribution in [2.24, 2.45) is 0 Å². The van der Waals surface area contributed by atoms with Gasteiger partial charge in [-0.25, -0.2) is 4.79 Å². The average molecular weight is 181 g/mol. The van der Waals surface area contributed by atoms with Gasteiger partial charge in [0.2, 0.25) is 0 Å². The Morgan fingerprint density at radius 1 is 1.77 bits per heavy atom. The van der Waals surface area contributed by atoms with Crippen molar-refractivity contribution in [1.82, 2.24) is 4.81 Å². The third kappa shape index (κ3) is 3.64. The van der Waals surface area contributed by atoms with E-state index in [1.165, 1.54) is 5.57 Å². The number of nitrogens with zero attached hydrogens (tertiary/aromatic N) is 1. The minimum absolute atomic E-state index is 0.201. The molecule has 0 saturated carbocycles. The lowest BCUT2D eigenvalue weighted by Crippen LogP contribution is -2.28. The Kier molecular flexibility index (Phi) is 4.02. The normalized spacial score (nSPS) is 21.8. The first kappa shape index (κ1) is 10.3. The SMILES string of the molecule is BN1CCCC(=CC(=O)OCC)C1. The van der Waals surface area contributed by atoms with Gasteiger partial charge >= 0.3 is 5.97 Å². The lowest BCUT2D eigenvalue weighted by Gasteiger charge is -2.24. The summed E-state index contributed by atoms with van der Waals surface area (Å²) in [6.07, 6.45) is 3.81. The second kappa shape index (κ2) is 5.07. The summed E-state index contributed by atoms with van der Waals surface area (Å²) in [5, 5.41) is 0. The van der Waals surface area contributed by atoms with Gasteiger partial charge in [-0.05, 0) is 31.9 Å². The summed E-state index contributed by atoms with van der Waals surface area (Å²) >= 11 is 0. The molecule has 13 heavy (non-hydrogen) atoms. The van der Waals surface area contributed by atoms with E-state index in [0.717, 1.165) is 25.9 Å². The molecule has 0 atom stereocenters. The molecule has 1 rings (SSSR count). The molecule has 1 fully saturated rings. The van der Waals surface area contributed by atoms with Crippen molar-refractivity contribution >= 4 is 14.0 Å². The van der Waals surface area contributed by atoms with Crippen LogP contribution in [0.4, 0.5) is 0 Å². The Morgan fingerprint density at radius 2 is 2.54 bits per heavy atom. The monoisotopic (exact) mass is 181 g/mol. The lowest BCUT2D eigenvalue weighted by molar-refractivity contribution is -0.137. The van der Waals surface area contributed by atoms with Crippen LogP contribution in [-0.4, -0.2) is 38.5 Å². The van der Waals surface area contributed by atoms with Gasteiger partial charge in [-0.1, -0.05) is 0 Å². The van der Waals surface area contributed by atoms with E-state index in [2.05, 4.69) is 12.8 Å². The Hall–Kier alpha value is -0.765. The first-order valence-electron chi connectivity index (χ1n) is 4.77. The second-order valence-electron chi connectivity index (χ2n) is 3.40. The fourth-order valence-corrected chi connectivity index (χ4v) is 1.55. The van der Waals surface area contributed by atoms with Crippen molar-refractivity contribution < 1.29 is 9.53 Å². The molecule has 1 aliphatic rings. The number of carbonyl (C=O) groups is 1. The molecule has 0 bridgehead atoms. The van der Waals surface area contributed by atoms with Gasteiger partial charge in [0.15, 0.2) is 7.98 Å². The molecule has 3 nitrogen and oxygen atoms in total. The molecule has 0 amide bonds. The number of carbonyl (C=O) groups excluding carboxylic acids is 1. The number of ether oxygens (including phenoxy) is 1. The predicted molar refractivity (Wildman–Crippen MR) is 54.1 cm³/mol. The summed E-state index contributed by atoms with van der Waals surface area (Å²) in [5.74, 6) is -0.201. The zero-order chi connectivity index (χ0) is 9.68. The molecule has 0 aliphatic carbocycles. The number of rotatable bonds is 2. The highest BCUT2D eigenvalue weighted by Crippen LogP contribution is 2.13. The van der Waals surface area contributed by atoms with Crippen molar-refractivity contribution in [3.8, 4) is 0 Å². The standard InChI is InChI=1S/C9H16BNO2/c1-2-13-9(12)6-8-4-3-5-11(10)7-8/h6H,2-5,7,10H2,1H3. The van der Waals surface area contributed by atoms with Gasteiger partial charge in [0, 0.05) is 12.6 Å². The summed E-state index contributed by atoms with van der Waals surface area (Å²) in [5.41, 5.74) is 1.19. The molecule has 4 heteroatoms. The van der Waals surface area contributed by atoms with Crippen LogP contribution in [0, 0.1) is 0 Å². The third-order valence-corrected chi connectivity index (χ3v) is 2.12. The highest BCUT2D eigenvalue weighted by Gasteiger charge is 2.11. The minimum Gasteiger partial charge on any atom is -0.463 e. The topological polar surface area (TPSA) is 29.5 Å². The van der Waals surface area contributed by atoms with Crippen LogP contribution in [0.5, 0.6) is 0 Å². The van der Waals surface area contributed by atoms with Gasteiger partial charge in [0.05, 0.1) is 6.61 Å². The van der Waals surface area contributed by atoms with E-state index in [9.17, 15) is 4.79 Å². The maximum absolute atomic E-state index is 11.1. The Morgan fingerprint density at radius 3 is 3.15 bits per heavy atom. The highest BCUT2D eigenvalue weighted by molar-refractivity contribution is 6.04. The van der Waals surface area contributed by atoms with E-state index in [1.807, 2.05) is 6.92 Å². The van der Waals surface area contributed by atoms with Gasteiger partial charge in [-0.15, -0.1) is 0 Å². The third-order valence-electron chi connectivity index (χ3n) is 2.12. The van der Waals surface area contributed by atoms with Crippen LogP contribution in [0.25, 0.3) is 0 Å². The number of esters is 1. The number of piperidine rings is 1. The molecule has 1 aliphatic heterocycles. The molecule has 0 aromatic carbocycles. The fraction of sp³-hybridized carbons (Fsp3) is 0.667. The highest BCUT2D eigenvalue weighted by atomic mass is 16.5. The molecule has 0 N–H and O–H groups in total. The van der Waals surface area contributed by atoms with Crippen LogP contribution in [-0.2, 0) is 9.53 Å². The Bertz CT molecular complexity index is 216. The summed E-state index contributed by atoms with van der Waals surface area (Å²) in [6, 6.07) is 0. The van der Waals surface area contributed by atoms with Gasteiger partial charge in [-0.2, -0.15) is 0 Å². The van der Waals surface area contributed by atoms with E-state index in [0.29, 0.717) is 6.61 Å². The van der Waals surface area contributed by atoms with E-state index >= 15 is 0 Å². The van der Waals surface area contributed by atoms with Crippen molar-refractivity contribution in [3.63, 3.8) is 0 Å². The van der Waals surface area contributed by atoms with Gasteiger partial charge in [0.1, 0.15) is 0 Å². The predicted octanol–water partition coefficient (Wildman–Crippen LogP) is 0.120. The van der Waals surface area contributed by atoms with Crippen LogP contribution in [0.2, 0.25) is 0 Å². The van der Waals surface area contributed by atoms with Gasteiger partial charge in [-0.3, -0.25) is 0 Å². The molecule has 1 saturated heterocycles. The van der Waals surface area contributed by atoms with Crippen molar-refractivity contribution in [2.45, 2.75) is 19.8 Å². The molecular formula is C9H16BNO2. The van der Waals surface area contributed by atoms with E-state index in [4.69, 9.17) is 4.74 Å². The first-order chi connectivity index (χ1) is 6.22. The molecular weight excluding hydrogens is 165 g/mol. The van der Waals surface area contributed by atoms with Crippen LogP contribution >= 0.6 is 0 Å². The summed E-state index contributed by atoms with van der Waals surface area (Å²) in [6.45, 7) is 4.31. The number of hydrogen-bond acceptors (Lipinski definition) is 3. The molecule has 0 unspecified atom stereocenters. The maximum atomic E-state index is 11.1. The van der Waals surface area contributed by atoms with E-state index < -0.39 is 0 Å². The number of hydrogen-bond donors (Lipinski definition) is 0. The molecule has 0 aromatic rings. The van der Waals surface area contributed by atoms with E-state index in [1.54, 1.807) is 6.08 Å². The summed E-state index contributed by atoms with van der Waals surface area (Å²) < 4.78 is 4.85. The van der Waals surface area contributed by atoms with Crippen molar-refractivity contribution in [3.05, 3.63) is 11.6 Å². The molecule has 0 spiro atoms. The Balaban J connectivity index is 2.44. The quantitative estimate of drug-likeness (QED) is 0.344. The molecule has 1 heterocycles. The van der Waals surface area contributed by atoms with Crippen LogP contribution in [0.1, 0.15) is 19.8 Å². The van der Waals surface area contributed by atoms with Gasteiger partial charge in [0.25, 0.3) is 0 Å². The summed E-state index contributed by atoms with van der Waals surface area (Å²) in [7, 11) is 2.07. The average Bonchev–Trinajstić information content (AvgIpc) is 2.04. The van der Waals surface area contributed by atoms with Crippen LogP contribution in [0.3, 0.4) is 0 Å². The fourth-order valence-electron chi connectivity index (χ4n) is 1.55. The van der Waals surface area contributed by atoms with Crippen LogP contribution < -0.4 is 0 Å². The second-order valence-corrected chi connectivity index (χ2v) is 3.40. The van der Waals surface area contributed by atoms with E-state index in [-0.39, 0.29) is 5.97 Å². The molecule has 72 valence electrons. The Labute approximate surface area is 80.2 Å². The van der Waals surface area contributed by atoms with Crippen molar-refractivity contribution in [2.75, 3.05) is 19.7 Å². The zero-order valence-corrected chi connectivity index (χ0v) is 8.38. The first-order valence-corrected chi connectivity index (χ1v) is 4.77. The largest absolute Gasteiger partial charge is 0.463 e.